The molecule has 0 saturated heterocycles. The third-order valence-corrected chi connectivity index (χ3v) is 7.19. The van der Waals surface area contributed by atoms with Crippen LogP contribution in [-0.4, -0.2) is 60.6 Å². The minimum Gasteiger partial charge on any atom is -0.424 e. The molecule has 0 saturated carbocycles. The average molecular weight is 522 g/mol. The van der Waals surface area contributed by atoms with Crippen LogP contribution in [0.1, 0.15) is 86.8 Å². The maximum absolute atomic E-state index is 13.5. The van der Waals surface area contributed by atoms with Gasteiger partial charge in [-0.1, -0.05) is 38.5 Å². The molecular weight excluding hydrogens is 482 g/mol. The van der Waals surface area contributed by atoms with Crippen molar-refractivity contribution in [3.8, 4) is 11.8 Å². The number of aliphatic hydroxyl groups is 1. The molecular formula is C29H39N5O4. The van der Waals surface area contributed by atoms with E-state index in [9.17, 15) is 14.7 Å². The Morgan fingerprint density at radius 2 is 1.71 bits per heavy atom. The number of ketones is 1. The molecule has 0 fully saturated rings. The SMILES string of the molecule is CC(=O)c1nn2c3c(cc(Oc4ncc(C)cn4)cc13)CCCCCCCCCCN([C@@H](C)CO)C(=O)C2. The van der Waals surface area contributed by atoms with Gasteiger partial charge in [0.15, 0.2) is 5.78 Å². The molecule has 2 aromatic heterocycles. The lowest BCUT2D eigenvalue weighted by molar-refractivity contribution is -0.135. The third-order valence-electron chi connectivity index (χ3n) is 7.19. The van der Waals surface area contributed by atoms with Gasteiger partial charge < -0.3 is 14.7 Å². The minimum absolute atomic E-state index is 0.00238. The first-order valence-corrected chi connectivity index (χ1v) is 13.8. The normalized spacial score (nSPS) is 16.9. The molecule has 204 valence electrons. The Kier molecular flexibility index (Phi) is 9.44. The number of nitrogens with zero attached hydrogens (tertiary/aromatic N) is 5. The fraction of sp³-hybridized carbons (Fsp3) is 0.552. The summed E-state index contributed by atoms with van der Waals surface area (Å²) in [6.45, 7) is 5.76. The first-order valence-electron chi connectivity index (χ1n) is 13.8. The van der Waals surface area contributed by atoms with E-state index in [1.807, 2.05) is 19.9 Å². The van der Waals surface area contributed by atoms with Crippen molar-refractivity contribution in [1.82, 2.24) is 24.6 Å². The highest BCUT2D eigenvalue weighted by Gasteiger charge is 2.24. The Labute approximate surface area is 224 Å². The molecule has 1 N–H and O–H groups in total. The van der Waals surface area contributed by atoms with Gasteiger partial charge in [0.2, 0.25) is 5.91 Å². The van der Waals surface area contributed by atoms with E-state index < -0.39 is 0 Å². The summed E-state index contributed by atoms with van der Waals surface area (Å²) >= 11 is 0. The van der Waals surface area contributed by atoms with Crippen molar-refractivity contribution in [2.45, 2.75) is 91.1 Å². The Morgan fingerprint density at radius 3 is 2.37 bits per heavy atom. The Balaban J connectivity index is 1.77. The van der Waals surface area contributed by atoms with Gasteiger partial charge in [0.05, 0.1) is 18.2 Å². The van der Waals surface area contributed by atoms with Crippen molar-refractivity contribution in [2.75, 3.05) is 13.2 Å². The average Bonchev–Trinajstić information content (AvgIpc) is 3.26. The molecule has 0 unspecified atom stereocenters. The van der Waals surface area contributed by atoms with E-state index in [0.717, 1.165) is 55.2 Å². The summed E-state index contributed by atoms with van der Waals surface area (Å²) in [5, 5.41) is 15.1. The second kappa shape index (κ2) is 13.0. The van der Waals surface area contributed by atoms with Crippen LogP contribution in [0.2, 0.25) is 0 Å². The lowest BCUT2D eigenvalue weighted by Crippen LogP contribution is -2.43. The molecule has 4 rings (SSSR count). The smallest absolute Gasteiger partial charge is 0.321 e. The van der Waals surface area contributed by atoms with Crippen LogP contribution in [0.5, 0.6) is 11.8 Å². The number of carbonyl (C=O) groups excluding carboxylic acids is 2. The Bertz CT molecular complexity index is 1250. The van der Waals surface area contributed by atoms with Crippen LogP contribution >= 0.6 is 0 Å². The quantitative estimate of drug-likeness (QED) is 0.470. The first kappa shape index (κ1) is 27.7. The standard InChI is InChI=1S/C29H39N5O4/c1-20-16-30-29(31-17-20)38-24-14-23-12-10-8-6-4-5-7-9-11-13-33(21(2)19-35)26(37)18-34-28(23)25(15-24)27(32-34)22(3)36/h14-17,21,35H,4-13,18-19H2,1-3H3/t21-/m0/s1. The molecule has 1 atom stereocenters. The molecule has 3 heterocycles. The summed E-state index contributed by atoms with van der Waals surface area (Å²) in [6, 6.07) is 3.69. The van der Waals surface area contributed by atoms with Crippen LogP contribution < -0.4 is 4.74 Å². The number of aromatic nitrogens is 4. The van der Waals surface area contributed by atoms with Crippen molar-refractivity contribution in [3.05, 3.63) is 41.3 Å². The molecule has 0 aliphatic carbocycles. The molecule has 9 nitrogen and oxygen atoms in total. The van der Waals surface area contributed by atoms with Gasteiger partial charge in [0, 0.05) is 31.2 Å². The highest BCUT2D eigenvalue weighted by Crippen LogP contribution is 2.32. The summed E-state index contributed by atoms with van der Waals surface area (Å²) in [4.78, 5) is 36.4. The van der Waals surface area contributed by atoms with Crippen molar-refractivity contribution in [1.29, 1.82) is 0 Å². The maximum Gasteiger partial charge on any atom is 0.321 e. The molecule has 0 bridgehead atoms. The van der Waals surface area contributed by atoms with Gasteiger partial charge in [-0.2, -0.15) is 5.10 Å². The highest BCUT2D eigenvalue weighted by molar-refractivity contribution is 6.06. The largest absolute Gasteiger partial charge is 0.424 e. The summed E-state index contributed by atoms with van der Waals surface area (Å²) in [6.07, 6.45) is 13.0. The number of Topliss-reactive ketones (excluding diaryl/α,β-unsaturated/α-hetero) is 1. The summed E-state index contributed by atoms with van der Waals surface area (Å²) in [5.74, 6) is 0.245. The van der Waals surface area contributed by atoms with Gasteiger partial charge in [-0.15, -0.1) is 0 Å². The predicted molar refractivity (Wildman–Crippen MR) is 145 cm³/mol. The zero-order chi connectivity index (χ0) is 27.1. The van der Waals surface area contributed by atoms with E-state index in [1.54, 1.807) is 28.0 Å². The lowest BCUT2D eigenvalue weighted by Gasteiger charge is -2.28. The zero-order valence-electron chi connectivity index (χ0n) is 22.8. The molecule has 1 amide bonds. The van der Waals surface area contributed by atoms with Gasteiger partial charge in [0.1, 0.15) is 18.0 Å². The summed E-state index contributed by atoms with van der Waals surface area (Å²) in [7, 11) is 0. The van der Waals surface area contributed by atoms with Crippen molar-refractivity contribution in [3.63, 3.8) is 0 Å². The third kappa shape index (κ3) is 6.75. The van der Waals surface area contributed by atoms with Crippen LogP contribution in [-0.2, 0) is 17.8 Å². The first-order chi connectivity index (χ1) is 18.4. The molecule has 1 aromatic carbocycles. The van der Waals surface area contributed by atoms with Crippen LogP contribution in [0.15, 0.2) is 24.5 Å². The number of hydrogen-bond donors (Lipinski definition) is 1. The van der Waals surface area contributed by atoms with E-state index in [0.29, 0.717) is 23.4 Å². The number of carbonyl (C=O) groups is 2. The number of benzene rings is 1. The van der Waals surface area contributed by atoms with Gasteiger partial charge >= 0.3 is 6.01 Å². The fourth-order valence-corrected chi connectivity index (χ4v) is 5.10. The van der Waals surface area contributed by atoms with Gasteiger partial charge in [-0.3, -0.25) is 14.3 Å². The second-order valence-corrected chi connectivity index (χ2v) is 10.4. The van der Waals surface area contributed by atoms with Crippen LogP contribution in [0.25, 0.3) is 10.9 Å². The number of ether oxygens (including phenoxy) is 1. The minimum atomic E-state index is -0.288. The van der Waals surface area contributed by atoms with Crippen LogP contribution in [0.4, 0.5) is 0 Å². The van der Waals surface area contributed by atoms with E-state index in [2.05, 4.69) is 15.1 Å². The molecule has 0 spiro atoms. The monoisotopic (exact) mass is 521 g/mol. The number of rotatable bonds is 5. The Morgan fingerprint density at radius 1 is 1.05 bits per heavy atom. The number of hydrogen-bond acceptors (Lipinski definition) is 7. The summed E-state index contributed by atoms with van der Waals surface area (Å²) < 4.78 is 7.67. The van der Waals surface area contributed by atoms with E-state index in [1.165, 1.54) is 26.2 Å². The van der Waals surface area contributed by atoms with Crippen molar-refractivity contribution >= 4 is 22.6 Å². The lowest BCUT2D eigenvalue weighted by atomic mass is 10.0. The van der Waals surface area contributed by atoms with Crippen LogP contribution in [0.3, 0.4) is 0 Å². The number of aliphatic hydroxyl groups excluding tert-OH is 1. The van der Waals surface area contributed by atoms with E-state index in [-0.39, 0.29) is 36.9 Å². The second-order valence-electron chi connectivity index (χ2n) is 10.4. The van der Waals surface area contributed by atoms with Gasteiger partial charge in [0.25, 0.3) is 0 Å². The van der Waals surface area contributed by atoms with E-state index in [4.69, 9.17) is 4.74 Å². The fourth-order valence-electron chi connectivity index (χ4n) is 5.10. The van der Waals surface area contributed by atoms with E-state index >= 15 is 0 Å². The van der Waals surface area contributed by atoms with Crippen LogP contribution in [0, 0.1) is 6.92 Å². The molecule has 38 heavy (non-hydrogen) atoms. The topological polar surface area (TPSA) is 110 Å². The summed E-state index contributed by atoms with van der Waals surface area (Å²) in [5.41, 5.74) is 3.00. The molecule has 0 radical (unpaired) electrons. The van der Waals surface area contributed by atoms with Gasteiger partial charge in [-0.05, 0) is 56.4 Å². The molecule has 9 heteroatoms. The van der Waals surface area contributed by atoms with Crippen molar-refractivity contribution < 1.29 is 19.4 Å². The molecule has 1 aliphatic heterocycles. The predicted octanol–water partition coefficient (Wildman–Crippen LogP) is 5.02. The highest BCUT2D eigenvalue weighted by atomic mass is 16.5. The maximum atomic E-state index is 13.5. The number of aryl methyl sites for hydroxylation is 2. The number of amides is 1. The molecule has 1 aliphatic rings. The zero-order valence-corrected chi connectivity index (χ0v) is 22.8. The van der Waals surface area contributed by atoms with Crippen molar-refractivity contribution in [2.24, 2.45) is 0 Å². The Hall–Kier alpha value is -3.33. The molecule has 3 aromatic rings. The van der Waals surface area contributed by atoms with Gasteiger partial charge in [-0.25, -0.2) is 9.97 Å².